The lowest BCUT2D eigenvalue weighted by molar-refractivity contribution is -0.148. The maximum Gasteiger partial charge on any atom is 0.330 e. The number of rotatable bonds is 16. The van der Waals surface area contributed by atoms with Crippen molar-refractivity contribution in [3.63, 3.8) is 0 Å². The molecule has 2 unspecified atom stereocenters. The Morgan fingerprint density at radius 3 is 1.77 bits per heavy atom. The molecule has 9 heteroatoms. The van der Waals surface area contributed by atoms with Crippen molar-refractivity contribution in [2.45, 2.75) is 25.0 Å². The average Bonchev–Trinajstić information content (AvgIpc) is 3.02. The Morgan fingerprint density at radius 2 is 1.26 bits per heavy atom. The van der Waals surface area contributed by atoms with E-state index in [4.69, 9.17) is 33.2 Å². The van der Waals surface area contributed by atoms with E-state index in [2.05, 4.69) is 13.2 Å². The van der Waals surface area contributed by atoms with Gasteiger partial charge in [0.05, 0.1) is 13.2 Å². The van der Waals surface area contributed by atoms with Crippen LogP contribution in [0.2, 0.25) is 0 Å². The summed E-state index contributed by atoms with van der Waals surface area (Å²) in [6.07, 6.45) is 3.85. The molecule has 1 aliphatic carbocycles. The van der Waals surface area contributed by atoms with Gasteiger partial charge >= 0.3 is 11.9 Å². The monoisotopic (exact) mass is 588 g/mol. The van der Waals surface area contributed by atoms with E-state index in [0.29, 0.717) is 24.3 Å². The first-order valence-corrected chi connectivity index (χ1v) is 13.8. The van der Waals surface area contributed by atoms with Crippen molar-refractivity contribution >= 4 is 22.7 Å². The minimum absolute atomic E-state index is 0.0517. The number of fused-ring (bicyclic) bond motifs is 2. The van der Waals surface area contributed by atoms with Crippen molar-refractivity contribution in [1.29, 1.82) is 0 Å². The third-order valence-corrected chi connectivity index (χ3v) is 6.64. The van der Waals surface area contributed by atoms with Crippen LogP contribution in [-0.2, 0) is 41.4 Å². The standard InChI is InChI=1S/C34H36O9/c1-5-31(35)42-25(19-37-3)21-39-33-27-14-10-11-15-28(27)34(40-22-26(20-38-4)43-32(36)6-2)30-18-24(16-17-29(30)33)41-23-12-8-7-9-13-23/h5-16,25-26H,1-2,17-22H2,3-4H3. The summed E-state index contributed by atoms with van der Waals surface area (Å²) in [4.78, 5) is 23.8. The highest BCUT2D eigenvalue weighted by atomic mass is 16.6. The van der Waals surface area contributed by atoms with E-state index in [9.17, 15) is 9.59 Å². The van der Waals surface area contributed by atoms with Crippen LogP contribution in [0.25, 0.3) is 10.8 Å². The third kappa shape index (κ3) is 8.24. The van der Waals surface area contributed by atoms with E-state index < -0.39 is 24.1 Å². The summed E-state index contributed by atoms with van der Waals surface area (Å²) < 4.78 is 40.4. The van der Waals surface area contributed by atoms with Gasteiger partial charge in [-0.1, -0.05) is 55.6 Å². The fraction of sp³-hybridized carbons (Fsp3) is 0.294. The maximum atomic E-state index is 11.9. The highest BCUT2D eigenvalue weighted by Crippen LogP contribution is 2.44. The largest absolute Gasteiger partial charge is 0.489 e. The number of carbonyl (C=O) groups is 2. The summed E-state index contributed by atoms with van der Waals surface area (Å²) >= 11 is 0. The first kappa shape index (κ1) is 31.3. The predicted molar refractivity (Wildman–Crippen MR) is 161 cm³/mol. The molecule has 0 radical (unpaired) electrons. The molecule has 43 heavy (non-hydrogen) atoms. The van der Waals surface area contributed by atoms with Crippen LogP contribution in [0, 0.1) is 0 Å². The second-order valence-corrected chi connectivity index (χ2v) is 9.69. The molecule has 3 aromatic rings. The Labute approximate surface area is 251 Å². The molecule has 4 rings (SSSR count). The van der Waals surface area contributed by atoms with Gasteiger partial charge in [0.2, 0.25) is 0 Å². The molecule has 2 atom stereocenters. The van der Waals surface area contributed by atoms with E-state index in [1.165, 1.54) is 14.2 Å². The molecule has 0 fully saturated rings. The van der Waals surface area contributed by atoms with E-state index in [1.807, 2.05) is 60.7 Å². The Balaban J connectivity index is 1.73. The number of allylic oxidation sites excluding steroid dienone is 2. The molecule has 0 spiro atoms. The molecule has 226 valence electrons. The number of hydrogen-bond acceptors (Lipinski definition) is 9. The van der Waals surface area contributed by atoms with Crippen LogP contribution in [-0.4, -0.2) is 64.8 Å². The summed E-state index contributed by atoms with van der Waals surface area (Å²) in [5.41, 5.74) is 1.78. The molecule has 0 saturated heterocycles. The topological polar surface area (TPSA) is 98.8 Å². The van der Waals surface area contributed by atoms with Crippen molar-refractivity contribution in [2.24, 2.45) is 0 Å². The van der Waals surface area contributed by atoms with Crippen molar-refractivity contribution in [3.05, 3.63) is 103 Å². The van der Waals surface area contributed by atoms with E-state index in [-0.39, 0.29) is 26.4 Å². The lowest BCUT2D eigenvalue weighted by Crippen LogP contribution is -2.30. The molecule has 0 N–H and O–H groups in total. The molecule has 0 saturated carbocycles. The van der Waals surface area contributed by atoms with Crippen LogP contribution in [0.15, 0.2) is 91.7 Å². The number of esters is 2. The summed E-state index contributed by atoms with van der Waals surface area (Å²) in [6, 6.07) is 17.3. The molecule has 0 heterocycles. The zero-order valence-electron chi connectivity index (χ0n) is 24.4. The Bertz CT molecular complexity index is 1460. The summed E-state index contributed by atoms with van der Waals surface area (Å²) in [7, 11) is 3.06. The summed E-state index contributed by atoms with van der Waals surface area (Å²) in [5, 5.41) is 1.62. The maximum absolute atomic E-state index is 11.9. The summed E-state index contributed by atoms with van der Waals surface area (Å²) in [6.45, 7) is 7.36. The molecule has 0 bridgehead atoms. The van der Waals surface area contributed by atoms with Crippen LogP contribution < -0.4 is 14.2 Å². The number of para-hydroxylation sites is 1. The molecular weight excluding hydrogens is 552 g/mol. The Kier molecular flexibility index (Phi) is 11.4. The fourth-order valence-corrected chi connectivity index (χ4v) is 4.77. The van der Waals surface area contributed by atoms with Crippen molar-refractivity contribution < 1.29 is 42.7 Å². The SMILES string of the molecule is C=CC(=O)OC(COC)COc1c2c(c(OCC(COC)OC(=O)C=C)c3ccccc13)CC(Oc1ccccc1)=CC2. The predicted octanol–water partition coefficient (Wildman–Crippen LogP) is 5.15. The number of methoxy groups -OCH3 is 2. The molecule has 1 aliphatic rings. The minimum Gasteiger partial charge on any atom is -0.489 e. The van der Waals surface area contributed by atoms with Crippen LogP contribution in [0.4, 0.5) is 0 Å². The molecule has 3 aromatic carbocycles. The number of carbonyl (C=O) groups excluding carboxylic acids is 2. The van der Waals surface area contributed by atoms with Crippen molar-refractivity contribution in [1.82, 2.24) is 0 Å². The van der Waals surface area contributed by atoms with Gasteiger partial charge in [0.25, 0.3) is 0 Å². The van der Waals surface area contributed by atoms with Gasteiger partial charge in [0.1, 0.15) is 36.2 Å². The third-order valence-electron chi connectivity index (χ3n) is 6.64. The highest BCUT2D eigenvalue weighted by Gasteiger charge is 2.27. The number of benzene rings is 3. The second-order valence-electron chi connectivity index (χ2n) is 9.69. The number of ether oxygens (including phenoxy) is 7. The molecular formula is C34H36O9. The second kappa shape index (κ2) is 15.6. The normalized spacial score (nSPS) is 13.6. The van der Waals surface area contributed by atoms with Gasteiger partial charge in [-0.25, -0.2) is 9.59 Å². The zero-order valence-corrected chi connectivity index (χ0v) is 24.4. The van der Waals surface area contributed by atoms with E-state index >= 15 is 0 Å². The molecule has 0 amide bonds. The van der Waals surface area contributed by atoms with Crippen LogP contribution in [0.1, 0.15) is 11.1 Å². The van der Waals surface area contributed by atoms with E-state index in [1.54, 1.807) is 0 Å². The van der Waals surface area contributed by atoms with Crippen molar-refractivity contribution in [3.8, 4) is 17.2 Å². The lowest BCUT2D eigenvalue weighted by Gasteiger charge is -2.27. The summed E-state index contributed by atoms with van der Waals surface area (Å²) in [5.74, 6) is 1.63. The fourth-order valence-electron chi connectivity index (χ4n) is 4.77. The highest BCUT2D eigenvalue weighted by molar-refractivity contribution is 5.96. The Hall–Kier alpha value is -4.60. The Morgan fingerprint density at radius 1 is 0.744 bits per heavy atom. The van der Waals surface area contributed by atoms with Gasteiger partial charge in [0, 0.05) is 54.7 Å². The van der Waals surface area contributed by atoms with Gasteiger partial charge in [-0.15, -0.1) is 0 Å². The molecule has 9 nitrogen and oxygen atoms in total. The van der Waals surface area contributed by atoms with Gasteiger partial charge in [-0.05, 0) is 24.6 Å². The van der Waals surface area contributed by atoms with Crippen molar-refractivity contribution in [2.75, 3.05) is 40.6 Å². The lowest BCUT2D eigenvalue weighted by atomic mass is 9.89. The van der Waals surface area contributed by atoms with Gasteiger partial charge in [-0.2, -0.15) is 0 Å². The van der Waals surface area contributed by atoms with Crippen LogP contribution in [0.3, 0.4) is 0 Å². The first-order chi connectivity index (χ1) is 21.0. The smallest absolute Gasteiger partial charge is 0.330 e. The minimum atomic E-state index is -0.658. The molecule has 0 aliphatic heterocycles. The molecule has 0 aromatic heterocycles. The first-order valence-electron chi connectivity index (χ1n) is 13.8. The number of hydrogen-bond donors (Lipinski definition) is 0. The van der Waals surface area contributed by atoms with Gasteiger partial charge in [-0.3, -0.25) is 0 Å². The zero-order chi connectivity index (χ0) is 30.6. The van der Waals surface area contributed by atoms with Crippen LogP contribution in [0.5, 0.6) is 17.2 Å². The van der Waals surface area contributed by atoms with Gasteiger partial charge < -0.3 is 33.2 Å². The van der Waals surface area contributed by atoms with Crippen LogP contribution >= 0.6 is 0 Å². The van der Waals surface area contributed by atoms with E-state index in [0.717, 1.165) is 45.6 Å². The van der Waals surface area contributed by atoms with Gasteiger partial charge in [0.15, 0.2) is 12.2 Å². The average molecular weight is 589 g/mol. The quantitative estimate of drug-likeness (QED) is 0.166.